The van der Waals surface area contributed by atoms with Crippen molar-refractivity contribution in [2.75, 3.05) is 20.2 Å². The Morgan fingerprint density at radius 1 is 1.42 bits per heavy atom. The summed E-state index contributed by atoms with van der Waals surface area (Å²) in [4.78, 5) is 13.4. The molecule has 3 nitrogen and oxygen atoms in total. The van der Waals surface area contributed by atoms with Gasteiger partial charge in [-0.3, -0.25) is 4.79 Å². The van der Waals surface area contributed by atoms with Gasteiger partial charge in [-0.05, 0) is 51.9 Å². The number of ether oxygens (including phenoxy) is 1. The molecule has 1 unspecified atom stereocenters. The zero-order valence-electron chi connectivity index (χ0n) is 11.9. The summed E-state index contributed by atoms with van der Waals surface area (Å²) in [5.41, 5.74) is 1.73. The van der Waals surface area contributed by atoms with Gasteiger partial charge >= 0.3 is 0 Å². The largest absolute Gasteiger partial charge is 0.493 e. The first-order valence-corrected chi connectivity index (χ1v) is 7.09. The van der Waals surface area contributed by atoms with Crippen molar-refractivity contribution < 1.29 is 9.53 Å². The highest BCUT2D eigenvalue weighted by Gasteiger charge is 2.18. The van der Waals surface area contributed by atoms with E-state index in [-0.39, 0.29) is 0 Å². The van der Waals surface area contributed by atoms with E-state index < -0.39 is 0 Å². The Bertz CT molecular complexity index is 431. The fourth-order valence-electron chi connectivity index (χ4n) is 2.71. The molecular formula is C16H23NO2. The maximum atomic E-state index is 11.0. The van der Waals surface area contributed by atoms with Crippen molar-refractivity contribution in [1.82, 2.24) is 4.90 Å². The molecule has 104 valence electrons. The first-order valence-electron chi connectivity index (χ1n) is 7.09. The molecule has 1 aliphatic heterocycles. The third-order valence-electron chi connectivity index (χ3n) is 3.92. The van der Waals surface area contributed by atoms with Gasteiger partial charge in [-0.1, -0.05) is 18.1 Å². The molecule has 1 saturated heterocycles. The number of nitrogens with zero attached hydrogens (tertiary/aromatic N) is 1. The van der Waals surface area contributed by atoms with E-state index in [0.717, 1.165) is 18.3 Å². The fraction of sp³-hybridized carbons (Fsp3) is 0.562. The number of aldehydes is 1. The maximum absolute atomic E-state index is 11.0. The number of piperidine rings is 1. The lowest BCUT2D eigenvalue weighted by atomic mass is 10.0. The summed E-state index contributed by atoms with van der Waals surface area (Å²) >= 11 is 0. The third kappa shape index (κ3) is 3.80. The van der Waals surface area contributed by atoms with E-state index in [1.165, 1.54) is 25.8 Å². The van der Waals surface area contributed by atoms with E-state index in [4.69, 9.17) is 4.74 Å². The van der Waals surface area contributed by atoms with E-state index in [0.29, 0.717) is 24.0 Å². The first-order chi connectivity index (χ1) is 9.20. The molecule has 1 heterocycles. The minimum absolute atomic E-state index is 0.624. The van der Waals surface area contributed by atoms with Crippen molar-refractivity contribution in [2.45, 2.75) is 38.6 Å². The van der Waals surface area contributed by atoms with Gasteiger partial charge in [0.15, 0.2) is 6.29 Å². The van der Waals surface area contributed by atoms with Gasteiger partial charge in [0.1, 0.15) is 5.75 Å². The van der Waals surface area contributed by atoms with Crippen molar-refractivity contribution in [3.8, 4) is 5.75 Å². The minimum Gasteiger partial charge on any atom is -0.493 e. The quantitative estimate of drug-likeness (QED) is 0.763. The SMILES string of the molecule is Cc1ccc(OCCC2CCCCN2C)c(C=O)c1. The summed E-state index contributed by atoms with van der Waals surface area (Å²) in [5, 5.41) is 0. The molecule has 1 aliphatic rings. The molecule has 0 spiro atoms. The second-order valence-electron chi connectivity index (χ2n) is 5.43. The van der Waals surface area contributed by atoms with E-state index in [1.807, 2.05) is 25.1 Å². The summed E-state index contributed by atoms with van der Waals surface area (Å²) < 4.78 is 5.78. The molecule has 0 aliphatic carbocycles. The highest BCUT2D eigenvalue weighted by atomic mass is 16.5. The van der Waals surface area contributed by atoms with Crippen LogP contribution in [0, 0.1) is 6.92 Å². The third-order valence-corrected chi connectivity index (χ3v) is 3.92. The number of hydrogen-bond acceptors (Lipinski definition) is 3. The number of rotatable bonds is 5. The standard InChI is InChI=1S/C16H23NO2/c1-13-6-7-16(14(11-13)12-18)19-10-8-15-5-3-4-9-17(15)2/h6-7,11-12,15H,3-5,8-10H2,1-2H3. The molecule has 2 rings (SSSR count). The summed E-state index contributed by atoms with van der Waals surface area (Å²) in [6.07, 6.45) is 5.78. The van der Waals surface area contributed by atoms with Crippen LogP contribution < -0.4 is 4.74 Å². The van der Waals surface area contributed by atoms with Gasteiger partial charge in [-0.15, -0.1) is 0 Å². The van der Waals surface area contributed by atoms with E-state index >= 15 is 0 Å². The number of carbonyl (C=O) groups is 1. The van der Waals surface area contributed by atoms with Crippen LogP contribution in [0.3, 0.4) is 0 Å². The van der Waals surface area contributed by atoms with E-state index in [2.05, 4.69) is 11.9 Å². The molecule has 0 saturated carbocycles. The van der Waals surface area contributed by atoms with Crippen molar-refractivity contribution in [3.05, 3.63) is 29.3 Å². The zero-order chi connectivity index (χ0) is 13.7. The topological polar surface area (TPSA) is 29.5 Å². The predicted molar refractivity (Wildman–Crippen MR) is 76.9 cm³/mol. The van der Waals surface area contributed by atoms with Gasteiger partial charge in [0.2, 0.25) is 0 Å². The van der Waals surface area contributed by atoms with Gasteiger partial charge in [0, 0.05) is 6.04 Å². The van der Waals surface area contributed by atoms with Crippen LogP contribution in [0.5, 0.6) is 5.75 Å². The molecule has 19 heavy (non-hydrogen) atoms. The van der Waals surface area contributed by atoms with Gasteiger partial charge in [0.05, 0.1) is 12.2 Å². The normalized spacial score (nSPS) is 20.2. The van der Waals surface area contributed by atoms with Crippen LogP contribution in [-0.2, 0) is 0 Å². The van der Waals surface area contributed by atoms with Gasteiger partial charge in [0.25, 0.3) is 0 Å². The van der Waals surface area contributed by atoms with Crippen LogP contribution in [0.15, 0.2) is 18.2 Å². The number of carbonyl (C=O) groups excluding carboxylic acids is 1. The number of hydrogen-bond donors (Lipinski definition) is 0. The molecule has 1 fully saturated rings. The van der Waals surface area contributed by atoms with Crippen LogP contribution in [0.4, 0.5) is 0 Å². The highest BCUT2D eigenvalue weighted by molar-refractivity contribution is 5.79. The smallest absolute Gasteiger partial charge is 0.153 e. The minimum atomic E-state index is 0.624. The van der Waals surface area contributed by atoms with Gasteiger partial charge < -0.3 is 9.64 Å². The maximum Gasteiger partial charge on any atom is 0.153 e. The zero-order valence-corrected chi connectivity index (χ0v) is 11.9. The lowest BCUT2D eigenvalue weighted by Gasteiger charge is -2.32. The Morgan fingerprint density at radius 2 is 2.26 bits per heavy atom. The van der Waals surface area contributed by atoms with Crippen molar-refractivity contribution >= 4 is 6.29 Å². The summed E-state index contributed by atoms with van der Waals surface area (Å²) in [7, 11) is 2.19. The van der Waals surface area contributed by atoms with Crippen LogP contribution in [-0.4, -0.2) is 37.4 Å². The Morgan fingerprint density at radius 3 is 3.00 bits per heavy atom. The number of benzene rings is 1. The second-order valence-corrected chi connectivity index (χ2v) is 5.43. The summed E-state index contributed by atoms with van der Waals surface area (Å²) in [6, 6.07) is 6.37. The molecule has 0 aromatic heterocycles. The van der Waals surface area contributed by atoms with Crippen molar-refractivity contribution in [1.29, 1.82) is 0 Å². The molecule has 0 bridgehead atoms. The molecule has 1 aromatic rings. The fourth-order valence-corrected chi connectivity index (χ4v) is 2.71. The van der Waals surface area contributed by atoms with Gasteiger partial charge in [-0.25, -0.2) is 0 Å². The lowest BCUT2D eigenvalue weighted by molar-refractivity contribution is 0.111. The Kier molecular flexibility index (Phi) is 4.97. The molecule has 0 N–H and O–H groups in total. The van der Waals surface area contributed by atoms with Crippen LogP contribution in [0.1, 0.15) is 41.6 Å². The van der Waals surface area contributed by atoms with Crippen LogP contribution in [0.2, 0.25) is 0 Å². The average Bonchev–Trinajstić information content (AvgIpc) is 2.42. The summed E-state index contributed by atoms with van der Waals surface area (Å²) in [6.45, 7) is 3.85. The second kappa shape index (κ2) is 6.71. The van der Waals surface area contributed by atoms with Crippen molar-refractivity contribution in [3.63, 3.8) is 0 Å². The summed E-state index contributed by atoms with van der Waals surface area (Å²) in [5.74, 6) is 0.707. The Labute approximate surface area is 115 Å². The van der Waals surface area contributed by atoms with E-state index in [9.17, 15) is 4.79 Å². The first kappa shape index (κ1) is 14.1. The number of likely N-dealkylation sites (tertiary alicyclic amines) is 1. The van der Waals surface area contributed by atoms with Crippen LogP contribution >= 0.6 is 0 Å². The average molecular weight is 261 g/mol. The van der Waals surface area contributed by atoms with Crippen molar-refractivity contribution in [2.24, 2.45) is 0 Å². The Balaban J connectivity index is 1.86. The molecule has 0 amide bonds. The van der Waals surface area contributed by atoms with Crippen LogP contribution in [0.25, 0.3) is 0 Å². The monoisotopic (exact) mass is 261 g/mol. The lowest BCUT2D eigenvalue weighted by Crippen LogP contribution is -2.37. The molecule has 1 atom stereocenters. The highest BCUT2D eigenvalue weighted by Crippen LogP contribution is 2.21. The molecule has 3 heteroatoms. The van der Waals surface area contributed by atoms with Gasteiger partial charge in [-0.2, -0.15) is 0 Å². The Hall–Kier alpha value is -1.35. The predicted octanol–water partition coefficient (Wildman–Crippen LogP) is 3.06. The molecule has 1 aromatic carbocycles. The number of aryl methyl sites for hydroxylation is 1. The molecule has 0 radical (unpaired) electrons. The van der Waals surface area contributed by atoms with E-state index in [1.54, 1.807) is 0 Å². The molecular weight excluding hydrogens is 238 g/mol.